The van der Waals surface area contributed by atoms with Gasteiger partial charge in [-0.15, -0.1) is 11.8 Å². The van der Waals surface area contributed by atoms with Gasteiger partial charge in [-0.05, 0) is 42.2 Å². The van der Waals surface area contributed by atoms with E-state index in [4.69, 9.17) is 11.6 Å². The molecule has 0 unspecified atom stereocenters. The Morgan fingerprint density at radius 2 is 1.90 bits per heavy atom. The predicted octanol–water partition coefficient (Wildman–Crippen LogP) is 5.02. The van der Waals surface area contributed by atoms with Crippen molar-refractivity contribution >= 4 is 40.6 Å². The Kier molecular flexibility index (Phi) is 3.55. The third-order valence-corrected chi connectivity index (χ3v) is 4.28. The highest BCUT2D eigenvalue weighted by Gasteiger charge is 2.12. The zero-order valence-electron chi connectivity index (χ0n) is 10.8. The normalized spacial score (nSPS) is 10.9. The lowest BCUT2D eigenvalue weighted by Gasteiger charge is -2.01. The van der Waals surface area contributed by atoms with Crippen LogP contribution in [0.3, 0.4) is 0 Å². The minimum Gasteiger partial charge on any atom is -0.354 e. The topological polar surface area (TPSA) is 32.9 Å². The first-order chi connectivity index (χ1) is 9.72. The van der Waals surface area contributed by atoms with Crippen molar-refractivity contribution in [1.82, 2.24) is 4.98 Å². The fourth-order valence-electron chi connectivity index (χ4n) is 2.29. The van der Waals surface area contributed by atoms with Crippen molar-refractivity contribution in [3.63, 3.8) is 0 Å². The SMILES string of the molecule is CSc1ccc(-c2[nH]c3ccc(Cl)cc3c2C=O)cc1. The molecule has 0 aliphatic rings. The number of aldehydes is 1. The van der Waals surface area contributed by atoms with Gasteiger partial charge in [0.1, 0.15) is 0 Å². The lowest BCUT2D eigenvalue weighted by atomic mass is 10.1. The summed E-state index contributed by atoms with van der Waals surface area (Å²) in [6, 6.07) is 13.7. The van der Waals surface area contributed by atoms with Gasteiger partial charge in [0.25, 0.3) is 0 Å². The van der Waals surface area contributed by atoms with Crippen LogP contribution in [0.4, 0.5) is 0 Å². The van der Waals surface area contributed by atoms with Gasteiger partial charge in [-0.3, -0.25) is 4.79 Å². The highest BCUT2D eigenvalue weighted by Crippen LogP contribution is 2.31. The number of hydrogen-bond acceptors (Lipinski definition) is 2. The lowest BCUT2D eigenvalue weighted by Crippen LogP contribution is -1.84. The number of nitrogens with one attached hydrogen (secondary N) is 1. The number of carbonyl (C=O) groups excluding carboxylic acids is 1. The van der Waals surface area contributed by atoms with Crippen LogP contribution in [-0.2, 0) is 0 Å². The molecule has 1 N–H and O–H groups in total. The van der Waals surface area contributed by atoms with Gasteiger partial charge >= 0.3 is 0 Å². The molecule has 20 heavy (non-hydrogen) atoms. The molecule has 0 atom stereocenters. The Morgan fingerprint density at radius 1 is 1.15 bits per heavy atom. The first-order valence-electron chi connectivity index (χ1n) is 6.14. The molecule has 1 heterocycles. The second-order valence-electron chi connectivity index (χ2n) is 4.45. The molecule has 3 aromatic rings. The molecular formula is C16H12ClNOS. The van der Waals surface area contributed by atoms with Crippen molar-refractivity contribution in [3.8, 4) is 11.3 Å². The quantitative estimate of drug-likeness (QED) is 0.544. The molecule has 0 aliphatic heterocycles. The van der Waals surface area contributed by atoms with E-state index in [-0.39, 0.29) is 0 Å². The van der Waals surface area contributed by atoms with Crippen LogP contribution in [0.15, 0.2) is 47.4 Å². The van der Waals surface area contributed by atoms with E-state index in [0.29, 0.717) is 10.6 Å². The Balaban J connectivity index is 2.21. The second-order valence-corrected chi connectivity index (χ2v) is 5.77. The highest BCUT2D eigenvalue weighted by molar-refractivity contribution is 7.98. The van der Waals surface area contributed by atoms with Gasteiger partial charge in [0, 0.05) is 26.4 Å². The van der Waals surface area contributed by atoms with Crippen LogP contribution in [0.1, 0.15) is 10.4 Å². The molecule has 0 saturated heterocycles. The number of H-pyrrole nitrogens is 1. The summed E-state index contributed by atoms with van der Waals surface area (Å²) < 4.78 is 0. The molecule has 1 aromatic heterocycles. The monoisotopic (exact) mass is 301 g/mol. The third kappa shape index (κ3) is 2.23. The number of thioether (sulfide) groups is 1. The standard InChI is InChI=1S/C16H12ClNOS/c1-20-12-5-2-10(3-6-12)16-14(9-19)13-8-11(17)4-7-15(13)18-16/h2-9,18H,1H3. The number of halogens is 1. The van der Waals surface area contributed by atoms with Crippen molar-refractivity contribution in [2.75, 3.05) is 6.26 Å². The molecule has 3 rings (SSSR count). The van der Waals surface area contributed by atoms with E-state index in [2.05, 4.69) is 4.98 Å². The largest absolute Gasteiger partial charge is 0.354 e. The number of carbonyl (C=O) groups is 1. The van der Waals surface area contributed by atoms with Crippen LogP contribution in [0.25, 0.3) is 22.2 Å². The smallest absolute Gasteiger partial charge is 0.152 e. The molecule has 0 aliphatic carbocycles. The molecule has 2 aromatic carbocycles. The summed E-state index contributed by atoms with van der Waals surface area (Å²) in [5, 5.41) is 1.49. The number of fused-ring (bicyclic) bond motifs is 1. The number of benzene rings is 2. The number of rotatable bonds is 3. The Morgan fingerprint density at radius 3 is 2.55 bits per heavy atom. The molecule has 2 nitrogen and oxygen atoms in total. The fourth-order valence-corrected chi connectivity index (χ4v) is 2.87. The second kappa shape index (κ2) is 5.35. The maximum absolute atomic E-state index is 11.4. The molecule has 0 radical (unpaired) electrons. The Labute approximate surface area is 126 Å². The molecule has 0 saturated carbocycles. The van der Waals surface area contributed by atoms with Gasteiger partial charge < -0.3 is 4.98 Å². The first-order valence-corrected chi connectivity index (χ1v) is 7.74. The van der Waals surface area contributed by atoms with Gasteiger partial charge in [-0.25, -0.2) is 0 Å². The van der Waals surface area contributed by atoms with Gasteiger partial charge in [0.15, 0.2) is 6.29 Å². The van der Waals surface area contributed by atoms with Crippen molar-refractivity contribution in [3.05, 3.63) is 53.1 Å². The molecule has 0 spiro atoms. The minimum atomic E-state index is 0.629. The summed E-state index contributed by atoms with van der Waals surface area (Å²) in [5.74, 6) is 0. The van der Waals surface area contributed by atoms with Crippen LogP contribution in [0, 0.1) is 0 Å². The summed E-state index contributed by atoms with van der Waals surface area (Å²) in [6.07, 6.45) is 2.92. The number of aromatic nitrogens is 1. The van der Waals surface area contributed by atoms with E-state index in [1.807, 2.05) is 48.7 Å². The average molecular weight is 302 g/mol. The molecule has 0 fully saturated rings. The summed E-state index contributed by atoms with van der Waals surface area (Å²) in [5.41, 5.74) is 3.40. The molecule has 4 heteroatoms. The van der Waals surface area contributed by atoms with Crippen LogP contribution < -0.4 is 0 Å². The molecular weight excluding hydrogens is 290 g/mol. The van der Waals surface area contributed by atoms with E-state index < -0.39 is 0 Å². The van der Waals surface area contributed by atoms with E-state index in [0.717, 1.165) is 28.4 Å². The number of aromatic amines is 1. The first kappa shape index (κ1) is 13.3. The van der Waals surface area contributed by atoms with E-state index >= 15 is 0 Å². The Bertz CT molecular complexity index is 777. The fraction of sp³-hybridized carbons (Fsp3) is 0.0625. The van der Waals surface area contributed by atoms with E-state index in [1.165, 1.54) is 4.90 Å². The zero-order valence-corrected chi connectivity index (χ0v) is 12.4. The molecule has 100 valence electrons. The number of hydrogen-bond donors (Lipinski definition) is 1. The average Bonchev–Trinajstić information content (AvgIpc) is 2.85. The lowest BCUT2D eigenvalue weighted by molar-refractivity contribution is 0.112. The zero-order chi connectivity index (χ0) is 14.1. The third-order valence-electron chi connectivity index (χ3n) is 3.30. The van der Waals surface area contributed by atoms with E-state index in [9.17, 15) is 4.79 Å². The molecule has 0 bridgehead atoms. The van der Waals surface area contributed by atoms with Crippen LogP contribution in [0.2, 0.25) is 5.02 Å². The van der Waals surface area contributed by atoms with Crippen molar-refractivity contribution in [1.29, 1.82) is 0 Å². The van der Waals surface area contributed by atoms with Crippen molar-refractivity contribution in [2.45, 2.75) is 4.90 Å². The van der Waals surface area contributed by atoms with Gasteiger partial charge in [0.05, 0.1) is 5.69 Å². The minimum absolute atomic E-state index is 0.629. The highest BCUT2D eigenvalue weighted by atomic mass is 35.5. The molecule has 0 amide bonds. The Hall–Kier alpha value is -1.71. The summed E-state index contributed by atoms with van der Waals surface area (Å²) in [7, 11) is 0. The maximum Gasteiger partial charge on any atom is 0.152 e. The summed E-state index contributed by atoms with van der Waals surface area (Å²) in [6.45, 7) is 0. The summed E-state index contributed by atoms with van der Waals surface area (Å²) >= 11 is 7.70. The van der Waals surface area contributed by atoms with Crippen LogP contribution >= 0.6 is 23.4 Å². The van der Waals surface area contributed by atoms with Crippen molar-refractivity contribution < 1.29 is 4.79 Å². The predicted molar refractivity (Wildman–Crippen MR) is 85.9 cm³/mol. The van der Waals surface area contributed by atoms with Crippen LogP contribution in [0.5, 0.6) is 0 Å². The van der Waals surface area contributed by atoms with Gasteiger partial charge in [0.2, 0.25) is 0 Å². The summed E-state index contributed by atoms with van der Waals surface area (Å²) in [4.78, 5) is 15.9. The van der Waals surface area contributed by atoms with Gasteiger partial charge in [-0.1, -0.05) is 23.7 Å². The van der Waals surface area contributed by atoms with Gasteiger partial charge in [-0.2, -0.15) is 0 Å². The van der Waals surface area contributed by atoms with Crippen LogP contribution in [-0.4, -0.2) is 17.5 Å². The van der Waals surface area contributed by atoms with E-state index in [1.54, 1.807) is 11.8 Å². The van der Waals surface area contributed by atoms with Crippen molar-refractivity contribution in [2.24, 2.45) is 0 Å². The maximum atomic E-state index is 11.4.